The number of phenols is 1. The van der Waals surface area contributed by atoms with Crippen LogP contribution in [0, 0.1) is 0 Å². The predicted octanol–water partition coefficient (Wildman–Crippen LogP) is -1.45. The molecule has 3 saturated heterocycles. The van der Waals surface area contributed by atoms with Crippen molar-refractivity contribution in [1.29, 1.82) is 0 Å². The highest BCUT2D eigenvalue weighted by molar-refractivity contribution is 8.00. The van der Waals surface area contributed by atoms with Crippen LogP contribution in [0.5, 0.6) is 5.75 Å². The maximum Gasteiger partial charge on any atom is 0.315 e. The number of nitrogens with two attached hydrogens (primary N) is 3. The van der Waals surface area contributed by atoms with E-state index in [0.29, 0.717) is 90.6 Å². The largest absolute Gasteiger partial charge is 0.508 e. The van der Waals surface area contributed by atoms with Crippen LogP contribution in [0.1, 0.15) is 126 Å². The van der Waals surface area contributed by atoms with Crippen LogP contribution in [-0.4, -0.2) is 277 Å². The third-order valence-corrected chi connectivity index (χ3v) is 25.2. The van der Waals surface area contributed by atoms with E-state index in [1.807, 2.05) is 54.2 Å². The summed E-state index contributed by atoms with van der Waals surface area (Å²) in [6.07, 6.45) is 14.5. The number of carbonyl (C=O) groups is 16. The molecule has 3 fully saturated rings. The number of aromatic hydroxyl groups is 1. The summed E-state index contributed by atoms with van der Waals surface area (Å²) < 4.78 is 0. The summed E-state index contributed by atoms with van der Waals surface area (Å²) in [6.45, 7) is 1.57. The summed E-state index contributed by atoms with van der Waals surface area (Å²) in [4.78, 5) is 235. The van der Waals surface area contributed by atoms with Crippen molar-refractivity contribution in [3.05, 3.63) is 120 Å². The number of fused-ring (bicyclic) bond motifs is 3. The fraction of sp³-hybridized carbons (Fsp3) is 0.523. The molecule has 9 rings (SSSR count). The SMILES string of the molecule is CSCC[C@H](NC(=O)[C@H](C)NC(=O)[C@H](Cc1c[nH]c2ccccc12)NC(=O)[C@@H]1CCCN1C(=O)[C@H](Cc1c[nH]cn1)NC(=O)[C@H](Cc1c[nH]c2ccccc12)NC(=O)[C@H](C)N)C(=O)N[C@@H](CCSC)C(=O)N[C@@H](Cc1ccc(O)cc1)C(=O)N[C@@H](CCCCN)C(=O)NCC(=O)NCC(=O)NCC(=O)N[C@@H](CCCCNC(=O)CCCC[C@@H]1SC[C@@H]2NC(=O)N[C@@H]21)C(N)=O. The van der Waals surface area contributed by atoms with Crippen molar-refractivity contribution in [1.82, 2.24) is 105 Å². The third kappa shape index (κ3) is 31.5. The summed E-state index contributed by atoms with van der Waals surface area (Å²) >= 11 is 4.52. The summed E-state index contributed by atoms with van der Waals surface area (Å²) in [5.41, 5.74) is 21.0. The van der Waals surface area contributed by atoms with Gasteiger partial charge in [0.1, 0.15) is 66.2 Å². The van der Waals surface area contributed by atoms with Crippen LogP contribution in [0.15, 0.2) is 97.7 Å². The number of H-pyrrole nitrogens is 3. The second kappa shape index (κ2) is 51.3. The lowest BCUT2D eigenvalue weighted by Crippen LogP contribution is -2.60. The van der Waals surface area contributed by atoms with Crippen LogP contribution >= 0.6 is 35.3 Å². The first-order valence-electron chi connectivity index (χ1n) is 43.4. The van der Waals surface area contributed by atoms with Crippen LogP contribution in [0.3, 0.4) is 0 Å². The van der Waals surface area contributed by atoms with Gasteiger partial charge in [-0.15, -0.1) is 0 Å². The van der Waals surface area contributed by atoms with Crippen molar-refractivity contribution in [2.75, 3.05) is 69.0 Å². The van der Waals surface area contributed by atoms with E-state index in [0.717, 1.165) is 40.4 Å². The molecule has 25 N–H and O–H groups in total. The molecule has 0 spiro atoms. The average molecular weight is 1850 g/mol. The van der Waals surface area contributed by atoms with E-state index in [2.05, 4.69) is 99.7 Å². The second-order valence-corrected chi connectivity index (χ2v) is 35.5. The van der Waals surface area contributed by atoms with Crippen LogP contribution in [0.4, 0.5) is 4.79 Å². The van der Waals surface area contributed by atoms with Crippen LogP contribution in [-0.2, 0) is 97.6 Å². The summed E-state index contributed by atoms with van der Waals surface area (Å²) in [7, 11) is 0. The smallest absolute Gasteiger partial charge is 0.315 e. The average Bonchev–Trinajstić information content (AvgIpc) is 1.67. The molecule has 0 saturated carbocycles. The van der Waals surface area contributed by atoms with Gasteiger partial charge in [0.25, 0.3) is 0 Å². The molecular formula is C86H121N23O17S3. The zero-order valence-corrected chi connectivity index (χ0v) is 75.2. The van der Waals surface area contributed by atoms with E-state index in [-0.39, 0.29) is 101 Å². The molecule has 0 bridgehead atoms. The highest BCUT2D eigenvalue weighted by Crippen LogP contribution is 2.34. The second-order valence-electron chi connectivity index (χ2n) is 32.3. The molecule has 17 amide bonds. The van der Waals surface area contributed by atoms with Gasteiger partial charge in [0.15, 0.2) is 0 Å². The normalized spacial score (nSPS) is 17.4. The molecule has 3 aliphatic rings. The molecule has 6 heterocycles. The van der Waals surface area contributed by atoms with Gasteiger partial charge in [0.05, 0.1) is 49.8 Å². The van der Waals surface area contributed by atoms with Crippen molar-refractivity contribution in [3.63, 3.8) is 0 Å². The minimum atomic E-state index is -1.47. The Morgan fingerprint density at radius 2 is 1.09 bits per heavy atom. The zero-order chi connectivity index (χ0) is 93.1. The maximum atomic E-state index is 15.1. The Kier molecular flexibility index (Phi) is 40.1. The highest BCUT2D eigenvalue weighted by atomic mass is 32.2. The number of carbonyl (C=O) groups excluding carboxylic acids is 16. The number of phenolic OH excluding ortho intramolecular Hbond substituents is 1. The Bertz CT molecular complexity index is 4840. The van der Waals surface area contributed by atoms with Gasteiger partial charge < -0.3 is 122 Å². The number of imidazole rings is 1. The number of aromatic amines is 3. The molecule has 40 nitrogen and oxygen atoms in total. The van der Waals surface area contributed by atoms with Gasteiger partial charge in [-0.2, -0.15) is 35.3 Å². The topological polar surface area (TPSA) is 615 Å². The predicted molar refractivity (Wildman–Crippen MR) is 487 cm³/mol. The number of nitrogens with one attached hydrogen (secondary N) is 18. The fourth-order valence-corrected chi connectivity index (χ4v) is 17.8. The van der Waals surface area contributed by atoms with Gasteiger partial charge >= 0.3 is 6.03 Å². The standard InChI is InChI=1S/C86H121N23O17S3/c1-48(88)76(116)103-65(38-52-41-93-58-19-8-6-17-56(52)58)83(123)106-66(39-53-42-90-47-97-53)85(125)109-33-15-22-68(109)84(124)105-64(37-51-40-92-57-18-7-5-16-55(51)57)81(121)98-49(2)77(117)100-61(29-34-127-3)79(119)102-62(30-35-128-4)80(120)104-63(36-50-25-27-54(110)28-26-50)82(122)101-60(21-11-13-31-87)78(118)96-44-72(113)94-43-71(112)95-45-73(114)99-59(75(89)115)20-12-14-32-91-70(111)24-10-9-23-69-74-67(46-129-69)107-86(126)108-74/h5-8,16-19,25-28,40-42,47-49,59-69,74,92-93,110H,9-15,20-24,29-39,43-46,87-88H2,1-4H3,(H2,89,115)(H,90,97)(H,91,111)(H,94,113)(H,95,112)(H,96,118)(H,98,121)(H,99,114)(H,100,117)(H,101,122)(H,102,119)(H,103,116)(H,104,120)(H,105,124)(H,106,123)(H2,107,108,126)/t48-,49-,59-,60-,61-,62-,63-,64-,65-,66-,67-,68-,69-,74-/m0/s1. The van der Waals surface area contributed by atoms with E-state index in [1.54, 1.807) is 37.2 Å². The van der Waals surface area contributed by atoms with E-state index in [1.165, 1.54) is 72.9 Å². The molecule has 6 aromatic rings. The van der Waals surface area contributed by atoms with Gasteiger partial charge in [-0.1, -0.05) is 55.0 Å². The Balaban J connectivity index is 0.785. The van der Waals surface area contributed by atoms with Gasteiger partial charge in [-0.25, -0.2) is 9.78 Å². The van der Waals surface area contributed by atoms with Gasteiger partial charge in [0.2, 0.25) is 88.6 Å². The highest BCUT2D eigenvalue weighted by Gasteiger charge is 2.44. The Morgan fingerprint density at radius 1 is 0.543 bits per heavy atom. The monoisotopic (exact) mass is 1840 g/mol. The number of thioether (sulfide) groups is 3. The molecule has 0 unspecified atom stereocenters. The Labute approximate surface area is 759 Å². The maximum absolute atomic E-state index is 15.1. The van der Waals surface area contributed by atoms with Gasteiger partial charge in [-0.3, -0.25) is 71.9 Å². The number of amides is 17. The Morgan fingerprint density at radius 3 is 1.69 bits per heavy atom. The van der Waals surface area contributed by atoms with Crippen molar-refractivity contribution >= 4 is 152 Å². The lowest BCUT2D eigenvalue weighted by Gasteiger charge is -2.31. The number of para-hydroxylation sites is 2. The quantitative estimate of drug-likeness (QED) is 0.0153. The van der Waals surface area contributed by atoms with Crippen molar-refractivity contribution in [2.24, 2.45) is 17.2 Å². The zero-order valence-electron chi connectivity index (χ0n) is 72.7. The van der Waals surface area contributed by atoms with Crippen molar-refractivity contribution < 1.29 is 81.8 Å². The molecule has 700 valence electrons. The first kappa shape index (κ1) is 101. The first-order chi connectivity index (χ1) is 62.0. The number of urea groups is 1. The summed E-state index contributed by atoms with van der Waals surface area (Å²) in [5, 5.41) is 52.5. The molecule has 3 aromatic carbocycles. The number of benzene rings is 3. The third-order valence-electron chi connectivity index (χ3n) is 22.4. The lowest BCUT2D eigenvalue weighted by atomic mass is 10.0. The van der Waals surface area contributed by atoms with E-state index in [9.17, 15) is 77.0 Å². The molecule has 43 heteroatoms. The number of rotatable bonds is 54. The van der Waals surface area contributed by atoms with Gasteiger partial charge in [0, 0.05) is 96.6 Å². The minimum absolute atomic E-state index is 0.0000528. The van der Waals surface area contributed by atoms with E-state index in [4.69, 9.17) is 17.2 Å². The first-order valence-corrected chi connectivity index (χ1v) is 47.2. The summed E-state index contributed by atoms with van der Waals surface area (Å²) in [5.74, 6) is -9.63. The number of primary amides is 1. The number of likely N-dealkylation sites (tertiary alicyclic amines) is 1. The number of nitrogens with zero attached hydrogens (tertiary/aromatic N) is 2. The van der Waals surface area contributed by atoms with Crippen LogP contribution in [0.2, 0.25) is 0 Å². The van der Waals surface area contributed by atoms with Gasteiger partial charge in [-0.05, 0) is 162 Å². The van der Waals surface area contributed by atoms with E-state index < -0.39 is 169 Å². The molecule has 3 aliphatic heterocycles. The van der Waals surface area contributed by atoms with E-state index >= 15 is 4.79 Å². The molecule has 0 aliphatic carbocycles. The Hall–Kier alpha value is -12.0. The lowest BCUT2D eigenvalue weighted by molar-refractivity contribution is -0.142. The van der Waals surface area contributed by atoms with Crippen molar-refractivity contribution in [3.8, 4) is 5.75 Å². The number of aromatic nitrogens is 4. The van der Waals surface area contributed by atoms with Crippen molar-refractivity contribution in [2.45, 2.75) is 213 Å². The molecule has 14 atom stereocenters. The molecular weight excluding hydrogens is 1720 g/mol. The molecule has 3 aromatic heterocycles. The minimum Gasteiger partial charge on any atom is -0.508 e. The summed E-state index contributed by atoms with van der Waals surface area (Å²) in [6, 6.07) is 6.49. The number of hydrogen-bond acceptors (Lipinski definition) is 23. The number of hydrogen-bond donors (Lipinski definition) is 22. The molecule has 0 radical (unpaired) electrons. The van der Waals surface area contributed by atoms with Crippen LogP contribution in [0.25, 0.3) is 21.8 Å². The molecule has 129 heavy (non-hydrogen) atoms. The van der Waals surface area contributed by atoms with Crippen LogP contribution < -0.4 is 97.0 Å². The fourth-order valence-electron chi connectivity index (χ4n) is 15.3. The number of unbranched alkanes of at least 4 members (excludes halogenated alkanes) is 3.